The Kier molecular flexibility index (Phi) is 4.66. The first kappa shape index (κ1) is 19.8. The number of aromatic hydroxyl groups is 1. The smallest absolute Gasteiger partial charge is 0.291 e. The van der Waals surface area contributed by atoms with Gasteiger partial charge >= 0.3 is 0 Å². The van der Waals surface area contributed by atoms with Gasteiger partial charge in [-0.25, -0.2) is 4.39 Å². The lowest BCUT2D eigenvalue weighted by atomic mass is 9.97. The summed E-state index contributed by atoms with van der Waals surface area (Å²) in [4.78, 5) is 28.4. The molecule has 0 unspecified atom stereocenters. The number of hydrogen-bond acceptors (Lipinski definition) is 5. The first-order chi connectivity index (χ1) is 15.5. The number of halogens is 1. The number of fused-ring (bicyclic) bond motifs is 2. The molecule has 0 aliphatic carbocycles. The standard InChI is InChI=1S/C25H18FNO5/c1-31-20-11-15(7-9-18(20)28)22-21-23(29)17-12-16(26)8-10-19(17)32-24(21)25(30)27(22)13-14-5-3-2-4-6-14/h2-12,22,28H,13H2,1H3/t22-/m0/s1. The van der Waals surface area contributed by atoms with Crippen molar-refractivity contribution in [2.24, 2.45) is 0 Å². The van der Waals surface area contributed by atoms with Crippen LogP contribution in [-0.4, -0.2) is 23.0 Å². The monoisotopic (exact) mass is 431 g/mol. The van der Waals surface area contributed by atoms with Gasteiger partial charge in [-0.05, 0) is 41.5 Å². The van der Waals surface area contributed by atoms with Crippen LogP contribution >= 0.6 is 0 Å². The molecule has 0 saturated heterocycles. The van der Waals surface area contributed by atoms with Crippen LogP contribution in [0.15, 0.2) is 75.9 Å². The Bertz CT molecular complexity index is 1410. The van der Waals surface area contributed by atoms with Gasteiger partial charge in [0.15, 0.2) is 16.9 Å². The first-order valence-corrected chi connectivity index (χ1v) is 9.96. The summed E-state index contributed by atoms with van der Waals surface area (Å²) in [5, 5.41) is 10.1. The van der Waals surface area contributed by atoms with E-state index in [0.29, 0.717) is 5.56 Å². The summed E-state index contributed by atoms with van der Waals surface area (Å²) in [5.41, 5.74) is 1.24. The van der Waals surface area contributed by atoms with Crippen LogP contribution in [0.3, 0.4) is 0 Å². The highest BCUT2D eigenvalue weighted by Crippen LogP contribution is 2.41. The number of phenols is 1. The van der Waals surface area contributed by atoms with Crippen molar-refractivity contribution in [2.75, 3.05) is 7.11 Å². The van der Waals surface area contributed by atoms with Crippen LogP contribution < -0.4 is 10.2 Å². The fraction of sp³-hybridized carbons (Fsp3) is 0.120. The average Bonchev–Trinajstić information content (AvgIpc) is 3.07. The van der Waals surface area contributed by atoms with Crippen molar-refractivity contribution in [2.45, 2.75) is 12.6 Å². The van der Waals surface area contributed by atoms with E-state index in [0.717, 1.165) is 11.6 Å². The molecular formula is C25H18FNO5. The summed E-state index contributed by atoms with van der Waals surface area (Å²) in [7, 11) is 1.42. The molecule has 0 saturated carbocycles. The minimum atomic E-state index is -0.795. The third-order valence-electron chi connectivity index (χ3n) is 5.64. The summed E-state index contributed by atoms with van der Waals surface area (Å²) in [5.74, 6) is -0.938. The maximum Gasteiger partial charge on any atom is 0.291 e. The third kappa shape index (κ3) is 3.10. The molecule has 1 aliphatic heterocycles. The third-order valence-corrected chi connectivity index (χ3v) is 5.64. The number of hydrogen-bond donors (Lipinski definition) is 1. The molecule has 0 bridgehead atoms. The van der Waals surface area contributed by atoms with Crippen molar-refractivity contribution in [3.8, 4) is 11.5 Å². The Labute approximate surface area is 182 Å². The van der Waals surface area contributed by atoms with Crippen LogP contribution in [0.5, 0.6) is 11.5 Å². The highest BCUT2D eigenvalue weighted by molar-refractivity contribution is 5.99. The Morgan fingerprint density at radius 3 is 2.59 bits per heavy atom. The summed E-state index contributed by atoms with van der Waals surface area (Å²) >= 11 is 0. The van der Waals surface area contributed by atoms with E-state index in [9.17, 15) is 19.1 Å². The minimum Gasteiger partial charge on any atom is -0.504 e. The minimum absolute atomic E-state index is 0.0638. The predicted molar refractivity (Wildman–Crippen MR) is 115 cm³/mol. The molecule has 5 rings (SSSR count). The van der Waals surface area contributed by atoms with E-state index in [1.807, 2.05) is 30.3 Å². The van der Waals surface area contributed by atoms with Crippen LogP contribution in [-0.2, 0) is 6.54 Å². The Morgan fingerprint density at radius 2 is 1.84 bits per heavy atom. The number of methoxy groups -OCH3 is 1. The molecule has 1 amide bonds. The van der Waals surface area contributed by atoms with Gasteiger partial charge < -0.3 is 19.2 Å². The number of nitrogens with zero attached hydrogens (tertiary/aromatic N) is 1. The number of phenolic OH excluding ortho intramolecular Hbond substituents is 1. The lowest BCUT2D eigenvalue weighted by molar-refractivity contribution is 0.0714. The highest BCUT2D eigenvalue weighted by Gasteiger charge is 2.43. The van der Waals surface area contributed by atoms with E-state index in [2.05, 4.69) is 0 Å². The number of carbonyl (C=O) groups is 1. The van der Waals surface area contributed by atoms with Gasteiger partial charge in [-0.1, -0.05) is 36.4 Å². The van der Waals surface area contributed by atoms with E-state index >= 15 is 0 Å². The molecule has 7 heteroatoms. The topological polar surface area (TPSA) is 80.0 Å². The predicted octanol–water partition coefficient (Wildman–Crippen LogP) is 4.39. The molecule has 1 aliphatic rings. The highest BCUT2D eigenvalue weighted by atomic mass is 19.1. The second-order valence-corrected chi connectivity index (χ2v) is 7.57. The van der Waals surface area contributed by atoms with Gasteiger partial charge in [0, 0.05) is 6.54 Å². The lowest BCUT2D eigenvalue weighted by Crippen LogP contribution is -2.29. The van der Waals surface area contributed by atoms with Gasteiger partial charge in [-0.3, -0.25) is 9.59 Å². The van der Waals surface area contributed by atoms with E-state index < -0.39 is 23.2 Å². The molecule has 3 aromatic carbocycles. The quantitative estimate of drug-likeness (QED) is 0.518. The summed E-state index contributed by atoms with van der Waals surface area (Å²) in [6, 6.07) is 16.9. The molecule has 1 N–H and O–H groups in total. The maximum absolute atomic E-state index is 13.9. The molecule has 6 nitrogen and oxygen atoms in total. The second-order valence-electron chi connectivity index (χ2n) is 7.57. The van der Waals surface area contributed by atoms with Gasteiger partial charge in [0.1, 0.15) is 11.4 Å². The molecule has 1 aromatic heterocycles. The fourth-order valence-corrected chi connectivity index (χ4v) is 4.15. The van der Waals surface area contributed by atoms with Crippen molar-refractivity contribution >= 4 is 16.9 Å². The van der Waals surface area contributed by atoms with Crippen LogP contribution in [0, 0.1) is 5.82 Å². The number of ether oxygens (including phenoxy) is 1. The zero-order chi connectivity index (χ0) is 22.4. The molecule has 0 radical (unpaired) electrons. The van der Waals surface area contributed by atoms with E-state index in [1.165, 1.54) is 30.2 Å². The Morgan fingerprint density at radius 1 is 1.06 bits per heavy atom. The van der Waals surface area contributed by atoms with E-state index in [4.69, 9.17) is 9.15 Å². The summed E-state index contributed by atoms with van der Waals surface area (Å²) < 4.78 is 24.9. The molecule has 2 heterocycles. The number of amides is 1. The molecule has 0 spiro atoms. The molecule has 4 aromatic rings. The Balaban J connectivity index is 1.75. The number of benzene rings is 3. The molecule has 1 atom stereocenters. The second kappa shape index (κ2) is 7.53. The first-order valence-electron chi connectivity index (χ1n) is 9.96. The summed E-state index contributed by atoms with van der Waals surface area (Å²) in [6.07, 6.45) is 0. The van der Waals surface area contributed by atoms with Crippen LogP contribution in [0.2, 0.25) is 0 Å². The van der Waals surface area contributed by atoms with Gasteiger partial charge in [0.25, 0.3) is 5.91 Å². The summed E-state index contributed by atoms with van der Waals surface area (Å²) in [6.45, 7) is 0.224. The van der Waals surface area contributed by atoms with Crippen molar-refractivity contribution in [1.29, 1.82) is 0 Å². The van der Waals surface area contributed by atoms with Gasteiger partial charge in [-0.15, -0.1) is 0 Å². The molecule has 160 valence electrons. The van der Waals surface area contributed by atoms with Gasteiger partial charge in [0.05, 0.1) is 24.1 Å². The number of carbonyl (C=O) groups excluding carboxylic acids is 1. The van der Waals surface area contributed by atoms with Gasteiger partial charge in [0.2, 0.25) is 5.76 Å². The fourth-order valence-electron chi connectivity index (χ4n) is 4.15. The van der Waals surface area contributed by atoms with Gasteiger partial charge in [-0.2, -0.15) is 0 Å². The van der Waals surface area contributed by atoms with Crippen LogP contribution in [0.1, 0.15) is 33.3 Å². The van der Waals surface area contributed by atoms with E-state index in [1.54, 1.807) is 12.1 Å². The Hall–Kier alpha value is -4.13. The van der Waals surface area contributed by atoms with Crippen molar-refractivity contribution in [3.63, 3.8) is 0 Å². The average molecular weight is 431 g/mol. The molecule has 32 heavy (non-hydrogen) atoms. The molecular weight excluding hydrogens is 413 g/mol. The van der Waals surface area contributed by atoms with Crippen molar-refractivity contribution < 1.29 is 23.4 Å². The van der Waals surface area contributed by atoms with Crippen molar-refractivity contribution in [1.82, 2.24) is 4.90 Å². The largest absolute Gasteiger partial charge is 0.504 e. The van der Waals surface area contributed by atoms with E-state index in [-0.39, 0.29) is 40.3 Å². The normalized spacial score (nSPS) is 15.2. The lowest BCUT2D eigenvalue weighted by Gasteiger charge is -2.25. The van der Waals surface area contributed by atoms with Crippen molar-refractivity contribution in [3.05, 3.63) is 105 Å². The maximum atomic E-state index is 13.9. The molecule has 0 fully saturated rings. The number of rotatable bonds is 4. The SMILES string of the molecule is COc1cc([C@H]2c3c(oc4ccc(F)cc4c3=O)C(=O)N2Cc2ccccc2)ccc1O. The zero-order valence-corrected chi connectivity index (χ0v) is 17.0. The van der Waals surface area contributed by atoms with Crippen LogP contribution in [0.25, 0.3) is 11.0 Å². The zero-order valence-electron chi connectivity index (χ0n) is 17.0. The van der Waals surface area contributed by atoms with Crippen LogP contribution in [0.4, 0.5) is 4.39 Å².